The number of β-amino-alcohol motifs (C(OH)–C–C–N with tert-alkyl or cyclic N) is 1. The fourth-order valence-corrected chi connectivity index (χ4v) is 2.91. The Labute approximate surface area is 138 Å². The average Bonchev–Trinajstić information content (AvgIpc) is 2.87. The van der Waals surface area contributed by atoms with E-state index in [0.29, 0.717) is 13.2 Å². The first-order valence-corrected chi connectivity index (χ1v) is 7.71. The standard InChI is InChI=1S/C17H20F3N3O/c1-16(2,24)9-23-10-22-13-7-11(3-5-14(13)23)12-4-6-15(21-8-12)17(18,19)20/h3-7,21-22,24H,8-10H2,1-2H3. The van der Waals surface area contributed by atoms with Crippen LogP contribution in [0.3, 0.4) is 0 Å². The Morgan fingerprint density at radius 3 is 2.50 bits per heavy atom. The molecule has 7 heteroatoms. The zero-order chi connectivity index (χ0) is 17.5. The van der Waals surface area contributed by atoms with Crippen molar-refractivity contribution in [2.24, 2.45) is 0 Å². The van der Waals surface area contributed by atoms with Crippen molar-refractivity contribution in [1.82, 2.24) is 5.32 Å². The van der Waals surface area contributed by atoms with Crippen LogP contribution in [0.1, 0.15) is 19.4 Å². The van der Waals surface area contributed by atoms with Gasteiger partial charge in [0, 0.05) is 13.1 Å². The number of nitrogens with one attached hydrogen (secondary N) is 2. The van der Waals surface area contributed by atoms with Crippen molar-refractivity contribution in [1.29, 1.82) is 0 Å². The normalized spacial score (nSPS) is 17.7. The fourth-order valence-electron chi connectivity index (χ4n) is 2.91. The van der Waals surface area contributed by atoms with Crippen LogP contribution in [0.25, 0.3) is 5.57 Å². The van der Waals surface area contributed by atoms with E-state index in [9.17, 15) is 18.3 Å². The third-order valence-corrected chi connectivity index (χ3v) is 3.97. The van der Waals surface area contributed by atoms with Crippen LogP contribution >= 0.6 is 0 Å². The summed E-state index contributed by atoms with van der Waals surface area (Å²) in [5, 5.41) is 15.6. The number of rotatable bonds is 3. The summed E-state index contributed by atoms with van der Waals surface area (Å²) in [5.74, 6) is 0. The van der Waals surface area contributed by atoms with Gasteiger partial charge in [-0.2, -0.15) is 13.2 Å². The highest BCUT2D eigenvalue weighted by Gasteiger charge is 2.34. The van der Waals surface area contributed by atoms with E-state index in [1.165, 1.54) is 6.08 Å². The van der Waals surface area contributed by atoms with Crippen molar-refractivity contribution in [2.75, 3.05) is 30.0 Å². The Hall–Kier alpha value is -2.15. The summed E-state index contributed by atoms with van der Waals surface area (Å²) in [5.41, 5.74) is 2.04. The van der Waals surface area contributed by atoms with Crippen LogP contribution in [-0.4, -0.2) is 36.6 Å². The smallest absolute Gasteiger partial charge is 0.389 e. The first kappa shape index (κ1) is 16.7. The molecule has 0 bridgehead atoms. The van der Waals surface area contributed by atoms with E-state index in [-0.39, 0.29) is 6.54 Å². The van der Waals surface area contributed by atoms with Crippen molar-refractivity contribution in [2.45, 2.75) is 25.6 Å². The monoisotopic (exact) mass is 339 g/mol. The highest BCUT2D eigenvalue weighted by atomic mass is 19.4. The molecule has 0 saturated carbocycles. The van der Waals surface area contributed by atoms with Gasteiger partial charge in [-0.1, -0.05) is 12.1 Å². The van der Waals surface area contributed by atoms with Gasteiger partial charge in [-0.05, 0) is 43.2 Å². The van der Waals surface area contributed by atoms with E-state index < -0.39 is 17.5 Å². The molecule has 3 N–H and O–H groups in total. The number of dihydropyridines is 1. The molecule has 0 saturated heterocycles. The van der Waals surface area contributed by atoms with Crippen LogP contribution in [0.15, 0.2) is 36.0 Å². The Balaban J connectivity index is 1.81. The Kier molecular flexibility index (Phi) is 3.99. The van der Waals surface area contributed by atoms with Crippen LogP contribution < -0.4 is 15.5 Å². The van der Waals surface area contributed by atoms with Crippen LogP contribution in [-0.2, 0) is 0 Å². The fraction of sp³-hybridized carbons (Fsp3) is 0.412. The predicted octanol–water partition coefficient (Wildman–Crippen LogP) is 3.08. The van der Waals surface area contributed by atoms with Gasteiger partial charge in [-0.3, -0.25) is 0 Å². The molecule has 130 valence electrons. The summed E-state index contributed by atoms with van der Waals surface area (Å²) in [6.07, 6.45) is -1.77. The molecule has 0 radical (unpaired) electrons. The summed E-state index contributed by atoms with van der Waals surface area (Å²) in [4.78, 5) is 2.04. The van der Waals surface area contributed by atoms with Crippen molar-refractivity contribution in [3.63, 3.8) is 0 Å². The molecule has 0 fully saturated rings. The highest BCUT2D eigenvalue weighted by molar-refractivity contribution is 5.81. The van der Waals surface area contributed by atoms with Crippen molar-refractivity contribution in [3.8, 4) is 0 Å². The number of hydrogen-bond donors (Lipinski definition) is 3. The molecule has 0 aromatic heterocycles. The van der Waals surface area contributed by atoms with E-state index in [1.54, 1.807) is 13.8 Å². The van der Waals surface area contributed by atoms with Crippen molar-refractivity contribution in [3.05, 3.63) is 41.6 Å². The van der Waals surface area contributed by atoms with Gasteiger partial charge in [0.05, 0.1) is 23.6 Å². The van der Waals surface area contributed by atoms with Crippen LogP contribution in [0, 0.1) is 0 Å². The molecule has 0 unspecified atom stereocenters. The lowest BCUT2D eigenvalue weighted by molar-refractivity contribution is -0.0964. The minimum Gasteiger partial charge on any atom is -0.389 e. The van der Waals surface area contributed by atoms with E-state index in [1.807, 2.05) is 23.1 Å². The topological polar surface area (TPSA) is 47.5 Å². The number of hydrogen-bond acceptors (Lipinski definition) is 4. The second kappa shape index (κ2) is 5.73. The van der Waals surface area contributed by atoms with Gasteiger partial charge in [-0.15, -0.1) is 0 Å². The molecule has 0 spiro atoms. The molecule has 2 heterocycles. The van der Waals surface area contributed by atoms with E-state index in [4.69, 9.17) is 0 Å². The summed E-state index contributed by atoms with van der Waals surface area (Å²) in [6, 6.07) is 5.75. The SMILES string of the molecule is CC(C)(O)CN1CNc2cc(C3=CC=C(C(F)(F)F)NC3)ccc21. The molecule has 24 heavy (non-hydrogen) atoms. The molecular weight excluding hydrogens is 319 g/mol. The van der Waals surface area contributed by atoms with Gasteiger partial charge in [0.2, 0.25) is 0 Å². The molecule has 0 atom stereocenters. The summed E-state index contributed by atoms with van der Waals surface area (Å²) in [7, 11) is 0. The van der Waals surface area contributed by atoms with E-state index in [0.717, 1.165) is 28.6 Å². The second-order valence-corrected chi connectivity index (χ2v) is 6.70. The molecule has 4 nitrogen and oxygen atoms in total. The van der Waals surface area contributed by atoms with Crippen LogP contribution in [0.4, 0.5) is 24.5 Å². The Morgan fingerprint density at radius 2 is 1.92 bits per heavy atom. The largest absolute Gasteiger partial charge is 0.430 e. The maximum Gasteiger partial charge on any atom is 0.430 e. The number of benzene rings is 1. The number of alkyl halides is 3. The molecule has 1 aromatic rings. The number of anilines is 2. The number of fused-ring (bicyclic) bond motifs is 1. The molecule has 2 aliphatic rings. The third-order valence-electron chi connectivity index (χ3n) is 3.97. The van der Waals surface area contributed by atoms with Crippen molar-refractivity contribution >= 4 is 16.9 Å². The number of aliphatic hydroxyl groups is 1. The first-order chi connectivity index (χ1) is 11.1. The summed E-state index contributed by atoms with van der Waals surface area (Å²) < 4.78 is 37.9. The second-order valence-electron chi connectivity index (χ2n) is 6.70. The number of halogens is 3. The lowest BCUT2D eigenvalue weighted by atomic mass is 10.0. The highest BCUT2D eigenvalue weighted by Crippen LogP contribution is 2.35. The molecule has 0 aliphatic carbocycles. The number of nitrogens with zero attached hydrogens (tertiary/aromatic N) is 1. The van der Waals surface area contributed by atoms with E-state index in [2.05, 4.69) is 10.6 Å². The summed E-state index contributed by atoms with van der Waals surface area (Å²) in [6.45, 7) is 4.73. The van der Waals surface area contributed by atoms with Gasteiger partial charge in [0.15, 0.2) is 0 Å². The predicted molar refractivity (Wildman–Crippen MR) is 88.7 cm³/mol. The van der Waals surface area contributed by atoms with E-state index >= 15 is 0 Å². The lowest BCUT2D eigenvalue weighted by Crippen LogP contribution is -2.38. The zero-order valence-corrected chi connectivity index (χ0v) is 13.5. The number of allylic oxidation sites excluding steroid dienone is 3. The van der Waals surface area contributed by atoms with Gasteiger partial charge >= 0.3 is 6.18 Å². The zero-order valence-electron chi connectivity index (χ0n) is 13.5. The molecule has 3 rings (SSSR count). The van der Waals surface area contributed by atoms with Crippen molar-refractivity contribution < 1.29 is 18.3 Å². The van der Waals surface area contributed by atoms with Gasteiger partial charge in [0.1, 0.15) is 5.70 Å². The summed E-state index contributed by atoms with van der Waals surface area (Å²) >= 11 is 0. The molecule has 0 amide bonds. The van der Waals surface area contributed by atoms with Gasteiger partial charge in [-0.25, -0.2) is 0 Å². The minimum atomic E-state index is -4.35. The van der Waals surface area contributed by atoms with Gasteiger partial charge in [0.25, 0.3) is 0 Å². The molecule has 1 aromatic carbocycles. The average molecular weight is 339 g/mol. The molecular formula is C17H20F3N3O. The lowest BCUT2D eigenvalue weighted by Gasteiger charge is -2.26. The Bertz CT molecular complexity index is 702. The van der Waals surface area contributed by atoms with Crippen LogP contribution in [0.2, 0.25) is 0 Å². The maximum absolute atomic E-state index is 12.6. The van der Waals surface area contributed by atoms with Gasteiger partial charge < -0.3 is 20.6 Å². The molecule has 2 aliphatic heterocycles. The maximum atomic E-state index is 12.6. The quantitative estimate of drug-likeness (QED) is 0.792. The third kappa shape index (κ3) is 3.51. The Morgan fingerprint density at radius 1 is 1.17 bits per heavy atom. The first-order valence-electron chi connectivity index (χ1n) is 7.71. The van der Waals surface area contributed by atoms with Crippen LogP contribution in [0.5, 0.6) is 0 Å². The minimum absolute atomic E-state index is 0.136.